The Labute approximate surface area is 106 Å². The minimum atomic E-state index is -0.831. The minimum absolute atomic E-state index is 0.0809. The van der Waals surface area contributed by atoms with Gasteiger partial charge in [-0.25, -0.2) is 0 Å². The van der Waals surface area contributed by atoms with Gasteiger partial charge in [-0.1, -0.05) is 0 Å². The summed E-state index contributed by atoms with van der Waals surface area (Å²) in [6, 6.07) is 0. The van der Waals surface area contributed by atoms with Crippen LogP contribution in [-0.4, -0.2) is 48.6 Å². The molecule has 0 spiro atoms. The van der Waals surface area contributed by atoms with E-state index >= 15 is 0 Å². The standard InChI is InChI=1S/C12H19NO5/c1-13(6-5-10(14)18-2)11(15)8-3-4-9(7-8)12(16)17/h8-9H,3-7H2,1-2H3,(H,16,17). The number of hydrogen-bond donors (Lipinski definition) is 1. The summed E-state index contributed by atoms with van der Waals surface area (Å²) < 4.78 is 4.50. The first kappa shape index (κ1) is 14.5. The predicted molar refractivity (Wildman–Crippen MR) is 62.7 cm³/mol. The number of ether oxygens (including phenoxy) is 1. The number of carbonyl (C=O) groups excluding carboxylic acids is 2. The van der Waals surface area contributed by atoms with E-state index in [2.05, 4.69) is 4.74 Å². The molecule has 0 saturated heterocycles. The first-order valence-corrected chi connectivity index (χ1v) is 6.00. The van der Waals surface area contributed by atoms with Crippen molar-refractivity contribution in [2.75, 3.05) is 20.7 Å². The molecular formula is C12H19NO5. The van der Waals surface area contributed by atoms with Crippen molar-refractivity contribution >= 4 is 17.8 Å². The molecule has 102 valence electrons. The van der Waals surface area contributed by atoms with Gasteiger partial charge in [-0.3, -0.25) is 14.4 Å². The molecule has 0 radical (unpaired) electrons. The zero-order chi connectivity index (χ0) is 13.7. The Morgan fingerprint density at radius 3 is 2.39 bits per heavy atom. The molecule has 1 fully saturated rings. The van der Waals surface area contributed by atoms with Gasteiger partial charge in [-0.2, -0.15) is 0 Å². The second-order valence-electron chi connectivity index (χ2n) is 4.63. The number of carboxylic acids is 1. The maximum Gasteiger partial charge on any atom is 0.307 e. The smallest absolute Gasteiger partial charge is 0.307 e. The largest absolute Gasteiger partial charge is 0.481 e. The van der Waals surface area contributed by atoms with Gasteiger partial charge in [0.25, 0.3) is 0 Å². The van der Waals surface area contributed by atoms with E-state index in [9.17, 15) is 14.4 Å². The third-order valence-electron chi connectivity index (χ3n) is 3.39. The van der Waals surface area contributed by atoms with E-state index in [4.69, 9.17) is 5.11 Å². The lowest BCUT2D eigenvalue weighted by Crippen LogP contribution is -2.34. The Bertz CT molecular complexity index is 341. The number of amides is 1. The molecule has 0 aromatic rings. The van der Waals surface area contributed by atoms with E-state index in [-0.39, 0.29) is 24.2 Å². The summed E-state index contributed by atoms with van der Waals surface area (Å²) in [5.74, 6) is -1.91. The molecule has 1 N–H and O–H groups in total. The summed E-state index contributed by atoms with van der Waals surface area (Å²) >= 11 is 0. The van der Waals surface area contributed by atoms with Crippen LogP contribution in [0.15, 0.2) is 0 Å². The fourth-order valence-corrected chi connectivity index (χ4v) is 2.21. The minimum Gasteiger partial charge on any atom is -0.481 e. The zero-order valence-corrected chi connectivity index (χ0v) is 10.7. The number of hydrogen-bond acceptors (Lipinski definition) is 4. The van der Waals surface area contributed by atoms with Gasteiger partial charge >= 0.3 is 11.9 Å². The van der Waals surface area contributed by atoms with Gasteiger partial charge in [0, 0.05) is 19.5 Å². The second kappa shape index (κ2) is 6.37. The number of rotatable bonds is 5. The Morgan fingerprint density at radius 1 is 1.28 bits per heavy atom. The van der Waals surface area contributed by atoms with Gasteiger partial charge < -0.3 is 14.7 Å². The van der Waals surface area contributed by atoms with Crippen molar-refractivity contribution in [1.82, 2.24) is 4.90 Å². The normalized spacial score (nSPS) is 22.6. The lowest BCUT2D eigenvalue weighted by atomic mass is 10.0. The monoisotopic (exact) mass is 257 g/mol. The van der Waals surface area contributed by atoms with Gasteiger partial charge in [0.2, 0.25) is 5.91 Å². The summed E-state index contributed by atoms with van der Waals surface area (Å²) in [4.78, 5) is 35.2. The fourth-order valence-electron chi connectivity index (χ4n) is 2.21. The van der Waals surface area contributed by atoms with Crippen molar-refractivity contribution in [1.29, 1.82) is 0 Å². The lowest BCUT2D eigenvalue weighted by molar-refractivity contribution is -0.142. The Kier molecular flexibility index (Phi) is 5.12. The van der Waals surface area contributed by atoms with Crippen LogP contribution in [0.5, 0.6) is 0 Å². The van der Waals surface area contributed by atoms with Crippen LogP contribution in [0.3, 0.4) is 0 Å². The highest BCUT2D eigenvalue weighted by Crippen LogP contribution is 2.32. The molecule has 1 aliphatic carbocycles. The van der Waals surface area contributed by atoms with Crippen molar-refractivity contribution in [3.8, 4) is 0 Å². The topological polar surface area (TPSA) is 83.9 Å². The zero-order valence-electron chi connectivity index (χ0n) is 10.7. The molecule has 0 bridgehead atoms. The summed E-state index contributed by atoms with van der Waals surface area (Å²) in [6.07, 6.45) is 1.72. The third-order valence-corrected chi connectivity index (χ3v) is 3.39. The SMILES string of the molecule is COC(=O)CCN(C)C(=O)C1CCC(C(=O)O)C1. The quantitative estimate of drug-likeness (QED) is 0.725. The van der Waals surface area contributed by atoms with Gasteiger partial charge in [-0.05, 0) is 19.3 Å². The third kappa shape index (κ3) is 3.72. The number of aliphatic carboxylic acids is 1. The molecule has 1 aliphatic rings. The van der Waals surface area contributed by atoms with Crippen molar-refractivity contribution < 1.29 is 24.2 Å². The fraction of sp³-hybridized carbons (Fsp3) is 0.750. The van der Waals surface area contributed by atoms with Crippen LogP contribution in [0.4, 0.5) is 0 Å². The Balaban J connectivity index is 2.40. The van der Waals surface area contributed by atoms with E-state index in [1.54, 1.807) is 7.05 Å². The van der Waals surface area contributed by atoms with Crippen LogP contribution < -0.4 is 0 Å². The Hall–Kier alpha value is -1.59. The molecule has 0 aromatic carbocycles. The van der Waals surface area contributed by atoms with Crippen LogP contribution in [0.25, 0.3) is 0 Å². The highest BCUT2D eigenvalue weighted by molar-refractivity contribution is 5.81. The highest BCUT2D eigenvalue weighted by atomic mass is 16.5. The van der Waals surface area contributed by atoms with Crippen LogP contribution in [0.1, 0.15) is 25.7 Å². The number of nitrogens with zero attached hydrogens (tertiary/aromatic N) is 1. The molecule has 6 heteroatoms. The molecular weight excluding hydrogens is 238 g/mol. The van der Waals surface area contributed by atoms with Crippen LogP contribution in [0, 0.1) is 11.8 Å². The number of methoxy groups -OCH3 is 1. The van der Waals surface area contributed by atoms with Gasteiger partial charge in [0.05, 0.1) is 19.4 Å². The summed E-state index contributed by atoms with van der Waals surface area (Å²) in [5, 5.41) is 8.87. The van der Waals surface area contributed by atoms with E-state index < -0.39 is 11.9 Å². The molecule has 0 heterocycles. The number of carbonyl (C=O) groups is 3. The first-order chi connectivity index (χ1) is 8.45. The van der Waals surface area contributed by atoms with Crippen molar-refractivity contribution in [2.24, 2.45) is 11.8 Å². The maximum absolute atomic E-state index is 12.0. The highest BCUT2D eigenvalue weighted by Gasteiger charge is 2.35. The average molecular weight is 257 g/mol. The molecule has 6 nitrogen and oxygen atoms in total. The Morgan fingerprint density at radius 2 is 1.89 bits per heavy atom. The molecule has 1 amide bonds. The van der Waals surface area contributed by atoms with E-state index in [0.29, 0.717) is 25.8 Å². The van der Waals surface area contributed by atoms with Crippen molar-refractivity contribution in [2.45, 2.75) is 25.7 Å². The molecule has 2 atom stereocenters. The molecule has 2 unspecified atom stereocenters. The van der Waals surface area contributed by atoms with Crippen molar-refractivity contribution in [3.63, 3.8) is 0 Å². The van der Waals surface area contributed by atoms with Crippen LogP contribution in [0.2, 0.25) is 0 Å². The number of carboxylic acid groups (broad SMARTS) is 1. The van der Waals surface area contributed by atoms with Gasteiger partial charge in [0.1, 0.15) is 0 Å². The molecule has 18 heavy (non-hydrogen) atoms. The molecule has 1 rings (SSSR count). The molecule has 0 aliphatic heterocycles. The van der Waals surface area contributed by atoms with E-state index in [0.717, 1.165) is 0 Å². The van der Waals surface area contributed by atoms with Gasteiger partial charge in [-0.15, -0.1) is 0 Å². The van der Waals surface area contributed by atoms with Crippen LogP contribution >= 0.6 is 0 Å². The van der Waals surface area contributed by atoms with Crippen LogP contribution in [-0.2, 0) is 19.1 Å². The molecule has 0 aromatic heterocycles. The first-order valence-electron chi connectivity index (χ1n) is 6.00. The maximum atomic E-state index is 12.0. The summed E-state index contributed by atoms with van der Waals surface area (Å²) in [5.41, 5.74) is 0. The summed E-state index contributed by atoms with van der Waals surface area (Å²) in [6.45, 7) is 0.305. The second-order valence-corrected chi connectivity index (χ2v) is 4.63. The van der Waals surface area contributed by atoms with Crippen molar-refractivity contribution in [3.05, 3.63) is 0 Å². The van der Waals surface area contributed by atoms with Gasteiger partial charge in [0.15, 0.2) is 0 Å². The number of esters is 1. The summed E-state index contributed by atoms with van der Waals surface area (Å²) in [7, 11) is 2.93. The van der Waals surface area contributed by atoms with E-state index in [1.807, 2.05) is 0 Å². The predicted octanol–water partition coefficient (Wildman–Crippen LogP) is 0.509. The van der Waals surface area contributed by atoms with E-state index in [1.165, 1.54) is 12.0 Å². The average Bonchev–Trinajstić information content (AvgIpc) is 2.84. The lowest BCUT2D eigenvalue weighted by Gasteiger charge is -2.20. The molecule has 1 saturated carbocycles.